The molecule has 1 fully saturated rings. The highest BCUT2D eigenvalue weighted by molar-refractivity contribution is 5.34. The minimum atomic E-state index is -4.52. The van der Waals surface area contributed by atoms with Crippen molar-refractivity contribution in [1.29, 1.82) is 0 Å². The van der Waals surface area contributed by atoms with Gasteiger partial charge in [0, 0.05) is 12.1 Å². The maximum atomic E-state index is 14.5. The van der Waals surface area contributed by atoms with Crippen LogP contribution in [0.4, 0.5) is 30.7 Å². The van der Waals surface area contributed by atoms with E-state index >= 15 is 0 Å². The zero-order valence-corrected chi connectivity index (χ0v) is 19.3. The van der Waals surface area contributed by atoms with Crippen LogP contribution in [0, 0.1) is 35.0 Å². The number of hydrogen-bond donors (Lipinski definition) is 0. The van der Waals surface area contributed by atoms with Crippen molar-refractivity contribution in [3.8, 4) is 11.5 Å². The Hall–Kier alpha value is -3.23. The van der Waals surface area contributed by atoms with Gasteiger partial charge in [0.2, 0.25) is 5.82 Å². The zero-order chi connectivity index (χ0) is 26.0. The van der Waals surface area contributed by atoms with E-state index in [0.717, 1.165) is 24.8 Å². The van der Waals surface area contributed by atoms with Crippen LogP contribution in [0.15, 0.2) is 48.5 Å². The first kappa shape index (κ1) is 25.9. The van der Waals surface area contributed by atoms with Crippen molar-refractivity contribution in [2.75, 3.05) is 0 Å². The normalized spacial score (nSPS) is 18.2. The quantitative estimate of drug-likeness (QED) is 0.234. The average Bonchev–Trinajstić information content (AvgIpc) is 2.84. The number of alkyl halides is 2. The maximum absolute atomic E-state index is 14.5. The lowest BCUT2D eigenvalue weighted by atomic mass is 9.79. The molecule has 1 aliphatic carbocycles. The summed E-state index contributed by atoms with van der Waals surface area (Å²) in [5, 5.41) is 0. The van der Waals surface area contributed by atoms with Gasteiger partial charge in [0.1, 0.15) is 17.9 Å². The fourth-order valence-corrected chi connectivity index (χ4v) is 4.30. The van der Waals surface area contributed by atoms with Crippen LogP contribution in [-0.2, 0) is 12.7 Å². The molecule has 0 radical (unpaired) electrons. The molecule has 0 saturated heterocycles. The van der Waals surface area contributed by atoms with E-state index < -0.39 is 52.3 Å². The molecular formula is C27H23F7O2. The van der Waals surface area contributed by atoms with Crippen molar-refractivity contribution in [2.24, 2.45) is 5.92 Å². The van der Waals surface area contributed by atoms with Gasteiger partial charge in [0.25, 0.3) is 0 Å². The molecule has 0 aromatic heterocycles. The molecule has 9 heteroatoms. The third kappa shape index (κ3) is 5.60. The third-order valence-electron chi connectivity index (χ3n) is 6.43. The predicted octanol–water partition coefficient (Wildman–Crippen LogP) is 8.38. The van der Waals surface area contributed by atoms with Gasteiger partial charge in [-0.15, -0.1) is 0 Å². The Bertz CT molecular complexity index is 1200. The van der Waals surface area contributed by atoms with Crippen molar-refractivity contribution in [2.45, 2.75) is 51.2 Å². The Balaban J connectivity index is 1.43. The highest BCUT2D eigenvalue weighted by Gasteiger charge is 2.40. The largest absolute Gasteiger partial charge is 0.486 e. The lowest BCUT2D eigenvalue weighted by Gasteiger charge is -2.26. The molecule has 0 spiro atoms. The molecule has 0 heterocycles. The summed E-state index contributed by atoms with van der Waals surface area (Å²) in [5.41, 5.74) is 0.361. The van der Waals surface area contributed by atoms with Crippen molar-refractivity contribution < 1.29 is 40.2 Å². The molecule has 0 unspecified atom stereocenters. The summed E-state index contributed by atoms with van der Waals surface area (Å²) in [7, 11) is 0. The molecule has 36 heavy (non-hydrogen) atoms. The van der Waals surface area contributed by atoms with Crippen LogP contribution in [0.25, 0.3) is 0 Å². The minimum absolute atomic E-state index is 0.126. The van der Waals surface area contributed by atoms with Crippen LogP contribution in [0.5, 0.6) is 11.5 Å². The third-order valence-corrected chi connectivity index (χ3v) is 6.43. The van der Waals surface area contributed by atoms with Crippen LogP contribution in [-0.4, -0.2) is 0 Å². The van der Waals surface area contributed by atoms with E-state index in [4.69, 9.17) is 4.74 Å². The summed E-state index contributed by atoms with van der Waals surface area (Å²) in [6.07, 6.45) is 0.0731. The Morgan fingerprint density at radius 2 is 1.39 bits per heavy atom. The molecule has 0 amide bonds. The van der Waals surface area contributed by atoms with Gasteiger partial charge >= 0.3 is 6.11 Å². The summed E-state index contributed by atoms with van der Waals surface area (Å²) in [5.74, 6) is -9.57. The van der Waals surface area contributed by atoms with Crippen molar-refractivity contribution in [1.82, 2.24) is 0 Å². The second-order valence-corrected chi connectivity index (χ2v) is 9.05. The molecule has 1 aliphatic rings. The minimum Gasteiger partial charge on any atom is -0.486 e. The van der Waals surface area contributed by atoms with Crippen molar-refractivity contribution >= 4 is 0 Å². The summed E-state index contributed by atoms with van der Waals surface area (Å²) >= 11 is 0. The van der Waals surface area contributed by atoms with Gasteiger partial charge < -0.3 is 9.47 Å². The van der Waals surface area contributed by atoms with Gasteiger partial charge in [-0.2, -0.15) is 13.2 Å². The zero-order valence-electron chi connectivity index (χ0n) is 19.3. The fraction of sp³-hybridized carbons (Fsp3) is 0.333. The molecule has 4 rings (SSSR count). The van der Waals surface area contributed by atoms with Gasteiger partial charge in [0.15, 0.2) is 29.0 Å². The van der Waals surface area contributed by atoms with Gasteiger partial charge in [-0.05, 0) is 47.9 Å². The summed E-state index contributed by atoms with van der Waals surface area (Å²) in [6, 6.07) is 9.25. The smallest absolute Gasteiger partial charge is 0.429 e. The predicted molar refractivity (Wildman–Crippen MR) is 118 cm³/mol. The number of ether oxygens (including phenoxy) is 2. The fourth-order valence-electron chi connectivity index (χ4n) is 4.30. The van der Waals surface area contributed by atoms with Crippen molar-refractivity contribution in [3.05, 3.63) is 94.3 Å². The van der Waals surface area contributed by atoms with E-state index in [0.29, 0.717) is 17.5 Å². The Morgan fingerprint density at radius 1 is 0.778 bits per heavy atom. The van der Waals surface area contributed by atoms with Gasteiger partial charge in [-0.25, -0.2) is 17.6 Å². The topological polar surface area (TPSA) is 18.5 Å². The highest BCUT2D eigenvalue weighted by atomic mass is 19.3. The Labute approximate surface area is 203 Å². The first-order chi connectivity index (χ1) is 17.0. The monoisotopic (exact) mass is 512 g/mol. The second-order valence-electron chi connectivity index (χ2n) is 9.05. The second kappa shape index (κ2) is 10.4. The molecule has 0 atom stereocenters. The molecular weight excluding hydrogens is 489 g/mol. The van der Waals surface area contributed by atoms with E-state index in [-0.39, 0.29) is 18.7 Å². The number of hydrogen-bond acceptors (Lipinski definition) is 2. The van der Waals surface area contributed by atoms with Gasteiger partial charge in [-0.1, -0.05) is 44.0 Å². The summed E-state index contributed by atoms with van der Waals surface area (Å²) in [4.78, 5) is 0. The maximum Gasteiger partial charge on any atom is 0.429 e. The van der Waals surface area contributed by atoms with E-state index in [2.05, 4.69) is 11.7 Å². The molecule has 192 valence electrons. The number of rotatable bonds is 7. The molecule has 0 bridgehead atoms. The lowest BCUT2D eigenvalue weighted by molar-refractivity contribution is -0.188. The molecule has 1 saturated carbocycles. The SMILES string of the molecule is CC1CCC(c2ccc(COc3ccc(C(F)(F)Oc4cc(F)c(F)c(F)c4)c(F)c3F)cc2)CC1. The molecule has 0 aliphatic heterocycles. The first-order valence-corrected chi connectivity index (χ1v) is 11.5. The van der Waals surface area contributed by atoms with E-state index in [1.165, 1.54) is 18.4 Å². The van der Waals surface area contributed by atoms with Crippen LogP contribution >= 0.6 is 0 Å². The van der Waals surface area contributed by atoms with Crippen LogP contribution in [0.1, 0.15) is 55.2 Å². The summed E-state index contributed by atoms with van der Waals surface area (Å²) < 4.78 is 107. The van der Waals surface area contributed by atoms with E-state index in [1.807, 2.05) is 24.3 Å². The standard InChI is InChI=1S/C27H23F7O2/c1-15-2-6-17(7-3-15)18-8-4-16(5-9-18)14-35-23-11-10-20(24(30)26(23)32)27(33,34)36-19-12-21(28)25(31)22(29)13-19/h4-5,8-13,15,17H,2-3,6-7,14H2,1H3. The van der Waals surface area contributed by atoms with E-state index in [9.17, 15) is 30.7 Å². The number of halogens is 7. The van der Waals surface area contributed by atoms with E-state index in [1.54, 1.807) is 0 Å². The van der Waals surface area contributed by atoms with Crippen molar-refractivity contribution in [3.63, 3.8) is 0 Å². The number of benzene rings is 3. The lowest BCUT2D eigenvalue weighted by Crippen LogP contribution is -2.24. The van der Waals surface area contributed by atoms with Crippen LogP contribution in [0.2, 0.25) is 0 Å². The van der Waals surface area contributed by atoms with Crippen LogP contribution < -0.4 is 9.47 Å². The Morgan fingerprint density at radius 3 is 2.00 bits per heavy atom. The molecule has 3 aromatic carbocycles. The molecule has 2 nitrogen and oxygen atoms in total. The highest BCUT2D eigenvalue weighted by Crippen LogP contribution is 2.38. The molecule has 3 aromatic rings. The van der Waals surface area contributed by atoms with Crippen LogP contribution in [0.3, 0.4) is 0 Å². The van der Waals surface area contributed by atoms with Gasteiger partial charge in [0.05, 0.1) is 0 Å². The molecule has 0 N–H and O–H groups in total. The first-order valence-electron chi connectivity index (χ1n) is 11.5. The Kier molecular flexibility index (Phi) is 7.47. The van der Waals surface area contributed by atoms with Gasteiger partial charge in [-0.3, -0.25) is 0 Å². The summed E-state index contributed by atoms with van der Waals surface area (Å²) in [6.45, 7) is 2.12. The average molecular weight is 512 g/mol.